The fraction of sp³-hybridized carbons (Fsp3) is 0.600. The van der Waals surface area contributed by atoms with E-state index in [0.717, 1.165) is 19.3 Å². The Bertz CT molecular complexity index is 382. The average Bonchev–Trinajstić information content (AvgIpc) is 2.54. The van der Waals surface area contributed by atoms with Crippen molar-refractivity contribution in [1.82, 2.24) is 16.1 Å². The first-order chi connectivity index (χ1) is 8.50. The zero-order chi connectivity index (χ0) is 13.6. The Morgan fingerprint density at radius 3 is 2.72 bits per heavy atom. The fourth-order valence-electron chi connectivity index (χ4n) is 1.70. The topological polar surface area (TPSA) is 126 Å². The number of carbonyl (C=O) groups is 3. The van der Waals surface area contributed by atoms with Crippen LogP contribution in [0.3, 0.4) is 0 Å². The SMILES string of the molecule is CCCCC[C@]1(C=NNC(N)=O)NC(=O)NC1=O. The molecule has 1 rings (SSSR count). The third-order valence-electron chi connectivity index (χ3n) is 2.60. The van der Waals surface area contributed by atoms with Crippen molar-refractivity contribution in [3.63, 3.8) is 0 Å². The van der Waals surface area contributed by atoms with Crippen LogP contribution in [0.2, 0.25) is 0 Å². The first-order valence-electron chi connectivity index (χ1n) is 5.73. The van der Waals surface area contributed by atoms with Gasteiger partial charge in [0, 0.05) is 0 Å². The summed E-state index contributed by atoms with van der Waals surface area (Å²) in [4.78, 5) is 33.4. The van der Waals surface area contributed by atoms with Crippen molar-refractivity contribution in [3.8, 4) is 0 Å². The maximum atomic E-state index is 11.7. The van der Waals surface area contributed by atoms with Gasteiger partial charge in [-0.1, -0.05) is 26.2 Å². The van der Waals surface area contributed by atoms with E-state index in [2.05, 4.69) is 15.7 Å². The van der Waals surface area contributed by atoms with Crippen LogP contribution in [0.5, 0.6) is 0 Å². The van der Waals surface area contributed by atoms with E-state index in [9.17, 15) is 14.4 Å². The maximum absolute atomic E-state index is 11.7. The summed E-state index contributed by atoms with van der Waals surface area (Å²) in [6.45, 7) is 2.03. The summed E-state index contributed by atoms with van der Waals surface area (Å²) in [6, 6.07) is -1.40. The molecule has 1 aliphatic heterocycles. The van der Waals surface area contributed by atoms with Gasteiger partial charge in [-0.05, 0) is 6.42 Å². The second kappa shape index (κ2) is 5.99. The van der Waals surface area contributed by atoms with Gasteiger partial charge in [-0.25, -0.2) is 15.0 Å². The molecule has 0 aromatic carbocycles. The molecule has 0 saturated carbocycles. The van der Waals surface area contributed by atoms with E-state index in [1.165, 1.54) is 6.21 Å². The third kappa shape index (κ3) is 3.44. The van der Waals surface area contributed by atoms with Crippen molar-refractivity contribution in [1.29, 1.82) is 0 Å². The Hall–Kier alpha value is -2.12. The van der Waals surface area contributed by atoms with E-state index < -0.39 is 23.5 Å². The molecule has 1 heterocycles. The van der Waals surface area contributed by atoms with Gasteiger partial charge in [0.25, 0.3) is 5.91 Å². The Balaban J connectivity index is 2.74. The first kappa shape index (κ1) is 13.9. The summed E-state index contributed by atoms with van der Waals surface area (Å²) in [7, 11) is 0. The van der Waals surface area contributed by atoms with Crippen LogP contribution in [0.1, 0.15) is 32.6 Å². The number of nitrogens with two attached hydrogens (primary N) is 1. The van der Waals surface area contributed by atoms with E-state index in [4.69, 9.17) is 5.73 Å². The number of carbonyl (C=O) groups excluding carboxylic acids is 3. The van der Waals surface area contributed by atoms with E-state index in [1.54, 1.807) is 0 Å². The van der Waals surface area contributed by atoms with Crippen molar-refractivity contribution >= 4 is 24.2 Å². The smallest absolute Gasteiger partial charge is 0.332 e. The minimum absolute atomic E-state index is 0.419. The number of amides is 5. The lowest BCUT2D eigenvalue weighted by molar-refractivity contribution is -0.121. The molecule has 1 atom stereocenters. The minimum atomic E-state index is -1.20. The highest BCUT2D eigenvalue weighted by Crippen LogP contribution is 2.17. The number of imide groups is 1. The summed E-state index contributed by atoms with van der Waals surface area (Å²) in [5.41, 5.74) is 5.65. The van der Waals surface area contributed by atoms with Gasteiger partial charge in [-0.2, -0.15) is 5.10 Å². The second-order valence-corrected chi connectivity index (χ2v) is 4.07. The van der Waals surface area contributed by atoms with E-state index >= 15 is 0 Å². The van der Waals surface area contributed by atoms with Crippen molar-refractivity contribution in [3.05, 3.63) is 0 Å². The zero-order valence-electron chi connectivity index (χ0n) is 10.2. The molecule has 18 heavy (non-hydrogen) atoms. The zero-order valence-corrected chi connectivity index (χ0v) is 10.2. The molecule has 0 aromatic rings. The standard InChI is InChI=1S/C10H17N5O3/c1-2-3-4-5-10(6-12-15-8(11)17)7(16)13-9(18)14-10/h6H,2-5H2,1H3,(H3,11,15,17)(H2,13,14,16,18)/t10-/m1/s1. The van der Waals surface area contributed by atoms with Crippen LogP contribution in [0.25, 0.3) is 0 Å². The Kier molecular flexibility index (Phi) is 4.64. The molecule has 8 nitrogen and oxygen atoms in total. The lowest BCUT2D eigenvalue weighted by Gasteiger charge is -2.20. The predicted octanol–water partition coefficient (Wildman–Crippen LogP) is -0.201. The molecule has 0 aromatic heterocycles. The van der Waals surface area contributed by atoms with Gasteiger partial charge in [0.2, 0.25) is 0 Å². The second-order valence-electron chi connectivity index (χ2n) is 4.07. The minimum Gasteiger partial charge on any atom is -0.350 e. The van der Waals surface area contributed by atoms with Crippen LogP contribution in [0.15, 0.2) is 5.10 Å². The number of nitrogens with one attached hydrogen (secondary N) is 3. The molecule has 1 fully saturated rings. The molecule has 5 N–H and O–H groups in total. The van der Waals surface area contributed by atoms with Crippen molar-refractivity contribution in [2.45, 2.75) is 38.1 Å². The number of primary amides is 1. The normalized spacial score (nSPS) is 22.9. The number of hydrogen-bond donors (Lipinski definition) is 4. The lowest BCUT2D eigenvalue weighted by atomic mass is 9.94. The van der Waals surface area contributed by atoms with Gasteiger partial charge in [0.15, 0.2) is 5.54 Å². The first-order valence-corrected chi connectivity index (χ1v) is 5.73. The molecule has 0 aliphatic carbocycles. The lowest BCUT2D eigenvalue weighted by Crippen LogP contribution is -2.49. The summed E-state index contributed by atoms with van der Waals surface area (Å²) >= 11 is 0. The van der Waals surface area contributed by atoms with Crippen molar-refractivity contribution in [2.75, 3.05) is 0 Å². The Morgan fingerprint density at radius 2 is 2.22 bits per heavy atom. The summed E-state index contributed by atoms with van der Waals surface area (Å²) < 4.78 is 0. The molecule has 100 valence electrons. The van der Waals surface area contributed by atoms with Gasteiger partial charge in [0.1, 0.15) is 0 Å². The van der Waals surface area contributed by atoms with Gasteiger partial charge >= 0.3 is 12.1 Å². The summed E-state index contributed by atoms with van der Waals surface area (Å²) in [5, 5.41) is 8.22. The maximum Gasteiger partial charge on any atom is 0.332 e. The third-order valence-corrected chi connectivity index (χ3v) is 2.60. The molecule has 1 saturated heterocycles. The molecule has 0 unspecified atom stereocenters. The number of hydrazone groups is 1. The molecule has 0 radical (unpaired) electrons. The number of urea groups is 2. The molecular formula is C10H17N5O3. The largest absolute Gasteiger partial charge is 0.350 e. The van der Waals surface area contributed by atoms with Crippen molar-refractivity contribution < 1.29 is 14.4 Å². The number of hydrogen-bond acceptors (Lipinski definition) is 4. The molecule has 8 heteroatoms. The van der Waals surface area contributed by atoms with E-state index in [1.807, 2.05) is 12.3 Å². The quantitative estimate of drug-likeness (QED) is 0.227. The summed E-state index contributed by atoms with van der Waals surface area (Å²) in [6.07, 6.45) is 4.30. The van der Waals surface area contributed by atoms with Gasteiger partial charge in [-0.3, -0.25) is 10.1 Å². The summed E-state index contributed by atoms with van der Waals surface area (Å²) in [5.74, 6) is -0.473. The van der Waals surface area contributed by atoms with Crippen LogP contribution in [0.4, 0.5) is 9.59 Å². The predicted molar refractivity (Wildman–Crippen MR) is 64.8 cm³/mol. The van der Waals surface area contributed by atoms with Gasteiger partial charge in [0.05, 0.1) is 6.21 Å². The monoisotopic (exact) mass is 255 g/mol. The van der Waals surface area contributed by atoms with E-state index in [-0.39, 0.29) is 0 Å². The fourth-order valence-corrected chi connectivity index (χ4v) is 1.70. The van der Waals surface area contributed by atoms with Gasteiger partial charge < -0.3 is 11.1 Å². The Morgan fingerprint density at radius 1 is 1.50 bits per heavy atom. The van der Waals surface area contributed by atoms with Crippen LogP contribution in [-0.2, 0) is 4.79 Å². The average molecular weight is 255 g/mol. The van der Waals surface area contributed by atoms with Gasteiger partial charge in [-0.15, -0.1) is 0 Å². The highest BCUT2D eigenvalue weighted by molar-refractivity contribution is 6.16. The number of unbranched alkanes of at least 4 members (excludes halogenated alkanes) is 2. The Labute approximate surface area is 104 Å². The van der Waals surface area contributed by atoms with Crippen molar-refractivity contribution in [2.24, 2.45) is 10.8 Å². The van der Waals surface area contributed by atoms with Crippen LogP contribution in [0, 0.1) is 0 Å². The van der Waals surface area contributed by atoms with Crippen LogP contribution >= 0.6 is 0 Å². The molecule has 0 bridgehead atoms. The number of nitrogens with zero attached hydrogens (tertiary/aromatic N) is 1. The molecule has 5 amide bonds. The van der Waals surface area contributed by atoms with Crippen LogP contribution < -0.4 is 21.8 Å². The highest BCUT2D eigenvalue weighted by Gasteiger charge is 2.44. The van der Waals surface area contributed by atoms with E-state index in [0.29, 0.717) is 6.42 Å². The molecule has 0 spiro atoms. The molecular weight excluding hydrogens is 238 g/mol. The molecule has 1 aliphatic rings. The van der Waals surface area contributed by atoms with Crippen LogP contribution in [-0.4, -0.2) is 29.7 Å². The number of rotatable bonds is 6. The highest BCUT2D eigenvalue weighted by atomic mass is 16.2.